The van der Waals surface area contributed by atoms with E-state index in [9.17, 15) is 14.4 Å². The van der Waals surface area contributed by atoms with Gasteiger partial charge in [0.2, 0.25) is 12.3 Å². The molecule has 0 spiro atoms. The van der Waals surface area contributed by atoms with Gasteiger partial charge in [-0.05, 0) is 77.9 Å². The molecule has 1 atom stereocenters. The molecule has 0 radical (unpaired) electrons. The normalized spacial score (nSPS) is 14.8. The smallest absolute Gasteiger partial charge is 0.254 e. The van der Waals surface area contributed by atoms with Gasteiger partial charge in [0.25, 0.3) is 5.91 Å². The van der Waals surface area contributed by atoms with Crippen LogP contribution in [0, 0.1) is 17.1 Å². The minimum absolute atomic E-state index is 0.00546. The maximum Gasteiger partial charge on any atom is 0.254 e. The highest BCUT2D eigenvalue weighted by atomic mass is 32.2. The van der Waals surface area contributed by atoms with Crippen molar-refractivity contribution in [1.29, 1.82) is 0 Å². The Morgan fingerprint density at radius 1 is 1.14 bits per heavy atom. The maximum atomic E-state index is 12.1. The van der Waals surface area contributed by atoms with Crippen molar-refractivity contribution in [1.82, 2.24) is 15.1 Å². The SMILES string of the molecule is CC(C)C.CCC#CSC(=C(C)C)c1ccc(CNC=O)c(CC)c1.NC1CCN(C(=O)CN2Cc3ccccc3C2=O)C1. The van der Waals surface area contributed by atoms with E-state index in [0.29, 0.717) is 31.7 Å². The number of carbonyl (C=O) groups excluding carboxylic acids is 3. The molecule has 8 heteroatoms. The molecule has 2 aliphatic heterocycles. The summed E-state index contributed by atoms with van der Waals surface area (Å²) in [6.45, 7) is 17.5. The van der Waals surface area contributed by atoms with E-state index in [4.69, 9.17) is 5.73 Å². The molecule has 4 rings (SSSR count). The van der Waals surface area contributed by atoms with Crippen LogP contribution in [0.1, 0.15) is 93.9 Å². The first-order valence-electron chi connectivity index (χ1n) is 15.5. The molecular weight excluding hydrogens is 568 g/mol. The highest BCUT2D eigenvalue weighted by Gasteiger charge is 2.31. The Balaban J connectivity index is 0.000000274. The molecule has 2 aromatic rings. The van der Waals surface area contributed by atoms with Crippen molar-refractivity contribution in [2.45, 2.75) is 86.9 Å². The molecule has 3 amide bonds. The van der Waals surface area contributed by atoms with Gasteiger partial charge in [0.15, 0.2) is 0 Å². The minimum Gasteiger partial charge on any atom is -0.355 e. The van der Waals surface area contributed by atoms with Gasteiger partial charge in [0.1, 0.15) is 6.54 Å². The molecule has 2 heterocycles. The summed E-state index contributed by atoms with van der Waals surface area (Å²) in [4.78, 5) is 39.3. The number of rotatable bonds is 8. The molecule has 0 bridgehead atoms. The lowest BCUT2D eigenvalue weighted by Crippen LogP contribution is -2.40. The molecule has 1 saturated heterocycles. The van der Waals surface area contributed by atoms with Crippen molar-refractivity contribution >= 4 is 34.9 Å². The number of allylic oxidation sites excluding steroid dienone is 1. The Hall–Kier alpha value is -3.54. The van der Waals surface area contributed by atoms with E-state index < -0.39 is 0 Å². The van der Waals surface area contributed by atoms with E-state index >= 15 is 0 Å². The van der Waals surface area contributed by atoms with Crippen molar-refractivity contribution in [3.8, 4) is 11.2 Å². The number of benzene rings is 2. The van der Waals surface area contributed by atoms with Crippen LogP contribution in [-0.2, 0) is 29.1 Å². The van der Waals surface area contributed by atoms with Gasteiger partial charge >= 0.3 is 0 Å². The number of hydrogen-bond donors (Lipinski definition) is 2. The summed E-state index contributed by atoms with van der Waals surface area (Å²) in [5.41, 5.74) is 12.4. The highest BCUT2D eigenvalue weighted by molar-refractivity contribution is 8.12. The van der Waals surface area contributed by atoms with E-state index in [1.54, 1.807) is 21.6 Å². The Morgan fingerprint density at radius 3 is 2.41 bits per heavy atom. The molecule has 0 aliphatic carbocycles. The molecule has 3 N–H and O–H groups in total. The third kappa shape index (κ3) is 11.5. The summed E-state index contributed by atoms with van der Waals surface area (Å²) in [5.74, 6) is 3.88. The largest absolute Gasteiger partial charge is 0.355 e. The Morgan fingerprint density at radius 2 is 1.84 bits per heavy atom. The first-order valence-corrected chi connectivity index (χ1v) is 16.4. The van der Waals surface area contributed by atoms with Crippen molar-refractivity contribution < 1.29 is 14.4 Å². The van der Waals surface area contributed by atoms with Crippen molar-refractivity contribution in [3.63, 3.8) is 0 Å². The van der Waals surface area contributed by atoms with Crippen LogP contribution in [0.5, 0.6) is 0 Å². The average molecular weight is 619 g/mol. The standard InChI is InChI=1S/C18H23NOS.C14H17N3O2.C4H10/c1-5-7-10-21-18(14(3)4)16-8-9-17(12-19-13-20)15(6-2)11-16;15-11-5-6-16(8-11)13(18)9-17-7-10-3-1-2-4-12(10)14(17)19;1-4(2)3/h8-9,11,13H,5-6,12H2,1-4H3,(H,19,20);1-4,11H,5-9,15H2;4H,1-3H3. The molecule has 44 heavy (non-hydrogen) atoms. The number of aryl methyl sites for hydroxylation is 1. The number of nitrogens with one attached hydrogen (secondary N) is 1. The van der Waals surface area contributed by atoms with E-state index in [0.717, 1.165) is 37.2 Å². The summed E-state index contributed by atoms with van der Waals surface area (Å²) in [5, 5.41) is 5.88. The zero-order chi connectivity index (χ0) is 32.6. The summed E-state index contributed by atoms with van der Waals surface area (Å²) < 4.78 is 0. The van der Waals surface area contributed by atoms with Crippen LogP contribution >= 0.6 is 11.8 Å². The van der Waals surface area contributed by atoms with Crippen molar-refractivity contribution in [3.05, 3.63) is 75.9 Å². The first-order chi connectivity index (χ1) is 21.0. The van der Waals surface area contributed by atoms with Gasteiger partial charge < -0.3 is 20.9 Å². The molecule has 2 aromatic carbocycles. The van der Waals surface area contributed by atoms with Crippen LogP contribution in [0.25, 0.3) is 4.91 Å². The summed E-state index contributed by atoms with van der Waals surface area (Å²) in [7, 11) is 0. The quantitative estimate of drug-likeness (QED) is 0.271. The summed E-state index contributed by atoms with van der Waals surface area (Å²) in [6, 6.07) is 14.0. The van der Waals surface area contributed by atoms with Crippen LogP contribution < -0.4 is 11.1 Å². The number of nitrogens with two attached hydrogens (primary N) is 1. The molecule has 1 fully saturated rings. The Kier molecular flexibility index (Phi) is 15.8. The number of hydrogen-bond acceptors (Lipinski definition) is 5. The third-order valence-electron chi connectivity index (χ3n) is 6.88. The predicted octanol–water partition coefficient (Wildman–Crippen LogP) is 6.21. The van der Waals surface area contributed by atoms with Crippen LogP contribution in [-0.4, -0.2) is 53.7 Å². The number of thioether (sulfide) groups is 1. The number of fused-ring (bicyclic) bond motifs is 1. The third-order valence-corrected chi connectivity index (χ3v) is 7.98. The van der Waals surface area contributed by atoms with Crippen LogP contribution in [0.15, 0.2) is 48.0 Å². The van der Waals surface area contributed by atoms with Gasteiger partial charge in [0, 0.05) is 49.1 Å². The molecule has 7 nitrogen and oxygen atoms in total. The lowest BCUT2D eigenvalue weighted by molar-refractivity contribution is -0.130. The summed E-state index contributed by atoms with van der Waals surface area (Å²) >= 11 is 1.60. The number of amides is 3. The predicted molar refractivity (Wildman–Crippen MR) is 184 cm³/mol. The molecule has 0 saturated carbocycles. The van der Waals surface area contributed by atoms with Crippen LogP contribution in [0.2, 0.25) is 0 Å². The summed E-state index contributed by atoms with van der Waals surface area (Å²) in [6.07, 6.45) is 3.41. The lowest BCUT2D eigenvalue weighted by Gasteiger charge is -2.20. The van der Waals surface area contributed by atoms with E-state index in [2.05, 4.69) is 83.2 Å². The zero-order valence-corrected chi connectivity index (χ0v) is 28.4. The van der Waals surface area contributed by atoms with Crippen LogP contribution in [0.3, 0.4) is 0 Å². The van der Waals surface area contributed by atoms with Gasteiger partial charge in [-0.25, -0.2) is 0 Å². The lowest BCUT2D eigenvalue weighted by atomic mass is 10.0. The number of likely N-dealkylation sites (tertiary alicyclic amines) is 1. The van der Waals surface area contributed by atoms with Crippen molar-refractivity contribution in [2.24, 2.45) is 11.7 Å². The molecular formula is C36H50N4O3S. The van der Waals surface area contributed by atoms with Gasteiger partial charge in [-0.2, -0.15) is 0 Å². The fraction of sp³-hybridized carbons (Fsp3) is 0.472. The van der Waals surface area contributed by atoms with Gasteiger partial charge in [-0.1, -0.05) is 82.5 Å². The highest BCUT2D eigenvalue weighted by Crippen LogP contribution is 2.31. The fourth-order valence-electron chi connectivity index (χ4n) is 4.75. The number of nitrogens with zero attached hydrogens (tertiary/aromatic N) is 2. The average Bonchev–Trinajstić information content (AvgIpc) is 3.57. The molecule has 238 valence electrons. The second-order valence-electron chi connectivity index (χ2n) is 11.8. The van der Waals surface area contributed by atoms with Crippen LogP contribution in [0.4, 0.5) is 0 Å². The topological polar surface area (TPSA) is 95.7 Å². The molecule has 0 aromatic heterocycles. The fourth-order valence-corrected chi connectivity index (χ4v) is 5.52. The van der Waals surface area contributed by atoms with E-state index in [-0.39, 0.29) is 24.4 Å². The Bertz CT molecular complexity index is 1350. The second-order valence-corrected chi connectivity index (χ2v) is 12.7. The molecule has 2 aliphatic rings. The van der Waals surface area contributed by atoms with E-state index in [1.165, 1.54) is 27.2 Å². The monoisotopic (exact) mass is 618 g/mol. The maximum absolute atomic E-state index is 12.1. The van der Waals surface area contributed by atoms with Gasteiger partial charge in [-0.3, -0.25) is 14.4 Å². The molecule has 1 unspecified atom stereocenters. The minimum atomic E-state index is -0.0487. The van der Waals surface area contributed by atoms with Gasteiger partial charge in [0.05, 0.1) is 0 Å². The van der Waals surface area contributed by atoms with Gasteiger partial charge in [-0.15, -0.1) is 0 Å². The Labute approximate surface area is 269 Å². The number of carbonyl (C=O) groups is 3. The van der Waals surface area contributed by atoms with E-state index in [1.807, 2.05) is 24.3 Å². The van der Waals surface area contributed by atoms with Crippen molar-refractivity contribution in [2.75, 3.05) is 19.6 Å². The second kappa shape index (κ2) is 19.0. The first kappa shape index (κ1) is 36.7. The zero-order valence-electron chi connectivity index (χ0n) is 27.5.